The number of benzene rings is 2. The number of phenols is 1. The summed E-state index contributed by atoms with van der Waals surface area (Å²) in [4.78, 5) is 35.6. The summed E-state index contributed by atoms with van der Waals surface area (Å²) in [6.07, 6.45) is 0.248. The van der Waals surface area contributed by atoms with Crippen LogP contribution in [-0.4, -0.2) is 35.8 Å². The highest BCUT2D eigenvalue weighted by Crippen LogP contribution is 2.10. The van der Waals surface area contributed by atoms with Crippen molar-refractivity contribution in [3.05, 3.63) is 65.2 Å². The number of carbonyl (C=O) groups excluding carboxylic acids is 3. The first kappa shape index (κ1) is 19.2. The SMILES string of the molecule is Cc1ccc(C(=O)CCC(=O)NCCNC(=O)c2cccc(O)c2)cc1. The number of Topliss-reactive ketones (excluding diaryl/α,β-unsaturated/α-hetero) is 1. The molecule has 0 aliphatic heterocycles. The lowest BCUT2D eigenvalue weighted by atomic mass is 10.1. The molecular weight excluding hydrogens is 332 g/mol. The first-order valence-electron chi connectivity index (χ1n) is 8.39. The van der Waals surface area contributed by atoms with Gasteiger partial charge in [0.25, 0.3) is 5.91 Å². The van der Waals surface area contributed by atoms with E-state index >= 15 is 0 Å². The van der Waals surface area contributed by atoms with E-state index < -0.39 is 0 Å². The summed E-state index contributed by atoms with van der Waals surface area (Å²) < 4.78 is 0. The molecule has 26 heavy (non-hydrogen) atoms. The van der Waals surface area contributed by atoms with Crippen molar-refractivity contribution in [3.63, 3.8) is 0 Å². The molecule has 0 heterocycles. The van der Waals surface area contributed by atoms with Crippen LogP contribution < -0.4 is 10.6 Å². The lowest BCUT2D eigenvalue weighted by Crippen LogP contribution is -2.34. The number of rotatable bonds is 8. The van der Waals surface area contributed by atoms with Crippen LogP contribution >= 0.6 is 0 Å². The van der Waals surface area contributed by atoms with Crippen LogP contribution in [0.5, 0.6) is 5.75 Å². The molecule has 0 fully saturated rings. The maximum Gasteiger partial charge on any atom is 0.251 e. The Hall–Kier alpha value is -3.15. The van der Waals surface area contributed by atoms with Crippen molar-refractivity contribution in [2.45, 2.75) is 19.8 Å². The van der Waals surface area contributed by atoms with Crippen molar-refractivity contribution in [3.8, 4) is 5.75 Å². The number of carbonyl (C=O) groups is 3. The number of hydrogen-bond donors (Lipinski definition) is 3. The molecule has 136 valence electrons. The normalized spacial score (nSPS) is 10.2. The van der Waals surface area contributed by atoms with Crippen LogP contribution in [0.4, 0.5) is 0 Å². The minimum Gasteiger partial charge on any atom is -0.508 e. The molecule has 0 aliphatic rings. The first-order valence-corrected chi connectivity index (χ1v) is 8.39. The van der Waals surface area contributed by atoms with E-state index in [0.717, 1.165) is 5.56 Å². The predicted molar refractivity (Wildman–Crippen MR) is 98.2 cm³/mol. The van der Waals surface area contributed by atoms with Crippen molar-refractivity contribution in [1.29, 1.82) is 0 Å². The Balaban J connectivity index is 1.65. The fraction of sp³-hybridized carbons (Fsp3) is 0.250. The van der Waals surface area contributed by atoms with Gasteiger partial charge in [-0.25, -0.2) is 0 Å². The van der Waals surface area contributed by atoms with E-state index in [4.69, 9.17) is 0 Å². The second-order valence-electron chi connectivity index (χ2n) is 5.95. The van der Waals surface area contributed by atoms with Gasteiger partial charge >= 0.3 is 0 Å². The molecule has 6 nitrogen and oxygen atoms in total. The third-order valence-electron chi connectivity index (χ3n) is 3.79. The van der Waals surface area contributed by atoms with E-state index in [1.54, 1.807) is 24.3 Å². The highest BCUT2D eigenvalue weighted by atomic mass is 16.3. The van der Waals surface area contributed by atoms with Gasteiger partial charge in [0.15, 0.2) is 5.78 Å². The second kappa shape index (κ2) is 9.36. The number of hydrogen-bond acceptors (Lipinski definition) is 4. The summed E-state index contributed by atoms with van der Waals surface area (Å²) in [6.45, 7) is 2.47. The lowest BCUT2D eigenvalue weighted by Gasteiger charge is -2.07. The highest BCUT2D eigenvalue weighted by Gasteiger charge is 2.09. The largest absolute Gasteiger partial charge is 0.508 e. The standard InChI is InChI=1S/C20H22N2O4/c1-14-5-7-15(8-6-14)18(24)9-10-19(25)21-11-12-22-20(26)16-3-2-4-17(23)13-16/h2-8,13,23H,9-12H2,1H3,(H,21,25)(H,22,26). The minimum absolute atomic E-state index is 0.0178. The maximum absolute atomic E-state index is 12.0. The van der Waals surface area contributed by atoms with Crippen molar-refractivity contribution in [2.24, 2.45) is 0 Å². The molecule has 0 unspecified atom stereocenters. The van der Waals surface area contributed by atoms with E-state index in [9.17, 15) is 19.5 Å². The molecule has 0 aliphatic carbocycles. The van der Waals surface area contributed by atoms with E-state index in [1.165, 1.54) is 12.1 Å². The average Bonchev–Trinajstić information content (AvgIpc) is 2.63. The summed E-state index contributed by atoms with van der Waals surface area (Å²) in [5, 5.41) is 14.6. The fourth-order valence-corrected chi connectivity index (χ4v) is 2.33. The smallest absolute Gasteiger partial charge is 0.251 e. The number of phenolic OH excluding ortho intramolecular Hbond substituents is 1. The third-order valence-corrected chi connectivity index (χ3v) is 3.79. The van der Waals surface area contributed by atoms with E-state index in [1.807, 2.05) is 19.1 Å². The van der Waals surface area contributed by atoms with E-state index in [0.29, 0.717) is 11.1 Å². The summed E-state index contributed by atoms with van der Waals surface area (Å²) in [6, 6.07) is 13.3. The van der Waals surface area contributed by atoms with Crippen molar-refractivity contribution >= 4 is 17.6 Å². The van der Waals surface area contributed by atoms with Gasteiger partial charge in [-0.3, -0.25) is 14.4 Å². The molecule has 0 spiro atoms. The van der Waals surface area contributed by atoms with Crippen LogP contribution in [0.2, 0.25) is 0 Å². The van der Waals surface area contributed by atoms with Gasteiger partial charge in [-0.05, 0) is 25.1 Å². The maximum atomic E-state index is 12.0. The minimum atomic E-state index is -0.329. The first-order chi connectivity index (χ1) is 12.5. The Bertz CT molecular complexity index is 785. The van der Waals surface area contributed by atoms with Crippen molar-refractivity contribution in [2.75, 3.05) is 13.1 Å². The number of amides is 2. The summed E-state index contributed by atoms with van der Waals surface area (Å²) in [7, 11) is 0. The van der Waals surface area contributed by atoms with Crippen molar-refractivity contribution in [1.82, 2.24) is 10.6 Å². The van der Waals surface area contributed by atoms with Crippen LogP contribution in [0.15, 0.2) is 48.5 Å². The molecule has 0 saturated carbocycles. The molecule has 2 amide bonds. The van der Waals surface area contributed by atoms with Gasteiger partial charge in [-0.15, -0.1) is 0 Å². The summed E-state index contributed by atoms with van der Waals surface area (Å²) in [5.41, 5.74) is 2.02. The molecule has 3 N–H and O–H groups in total. The highest BCUT2D eigenvalue weighted by molar-refractivity contribution is 5.98. The average molecular weight is 354 g/mol. The lowest BCUT2D eigenvalue weighted by molar-refractivity contribution is -0.121. The Morgan fingerprint density at radius 1 is 0.885 bits per heavy atom. The van der Waals surface area contributed by atoms with Crippen molar-refractivity contribution < 1.29 is 19.5 Å². The zero-order valence-electron chi connectivity index (χ0n) is 14.6. The molecule has 2 aromatic carbocycles. The Labute approximate surface area is 152 Å². The molecule has 2 aromatic rings. The second-order valence-corrected chi connectivity index (χ2v) is 5.95. The zero-order chi connectivity index (χ0) is 18.9. The molecule has 2 rings (SSSR count). The van der Waals surface area contributed by atoms with Gasteiger partial charge in [0.05, 0.1) is 0 Å². The zero-order valence-corrected chi connectivity index (χ0v) is 14.6. The molecule has 0 saturated heterocycles. The van der Waals surface area contributed by atoms with Crippen LogP contribution in [-0.2, 0) is 4.79 Å². The summed E-state index contributed by atoms with van der Waals surface area (Å²) in [5.74, 6) is -0.622. The van der Waals surface area contributed by atoms with Gasteiger partial charge in [-0.1, -0.05) is 35.9 Å². The monoisotopic (exact) mass is 354 g/mol. The van der Waals surface area contributed by atoms with Gasteiger partial charge in [0, 0.05) is 37.1 Å². The number of aromatic hydroxyl groups is 1. The summed E-state index contributed by atoms with van der Waals surface area (Å²) >= 11 is 0. The van der Waals surface area contributed by atoms with Gasteiger partial charge in [0.2, 0.25) is 5.91 Å². The molecule has 0 bridgehead atoms. The number of aryl methyl sites for hydroxylation is 1. The molecular formula is C20H22N2O4. The Morgan fingerprint density at radius 2 is 1.58 bits per heavy atom. The van der Waals surface area contributed by atoms with Crippen LogP contribution in [0, 0.1) is 6.92 Å². The van der Waals surface area contributed by atoms with Crippen LogP contribution in [0.25, 0.3) is 0 Å². The molecule has 0 atom stereocenters. The molecule has 0 radical (unpaired) electrons. The fourth-order valence-electron chi connectivity index (χ4n) is 2.33. The Kier molecular flexibility index (Phi) is 6.91. The quantitative estimate of drug-likeness (QED) is 0.500. The topological polar surface area (TPSA) is 95.5 Å². The van der Waals surface area contributed by atoms with Gasteiger partial charge in [-0.2, -0.15) is 0 Å². The Morgan fingerprint density at radius 3 is 2.27 bits per heavy atom. The van der Waals surface area contributed by atoms with E-state index in [-0.39, 0.29) is 49.3 Å². The van der Waals surface area contributed by atoms with Crippen LogP contribution in [0.1, 0.15) is 39.1 Å². The van der Waals surface area contributed by atoms with Gasteiger partial charge < -0.3 is 15.7 Å². The van der Waals surface area contributed by atoms with E-state index in [2.05, 4.69) is 10.6 Å². The number of ketones is 1. The van der Waals surface area contributed by atoms with Gasteiger partial charge in [0.1, 0.15) is 5.75 Å². The third kappa shape index (κ3) is 6.05. The molecule has 0 aromatic heterocycles. The predicted octanol–water partition coefficient (Wildman–Crippen LogP) is 2.21. The van der Waals surface area contributed by atoms with Crippen LogP contribution in [0.3, 0.4) is 0 Å². The number of nitrogens with one attached hydrogen (secondary N) is 2. The molecule has 6 heteroatoms.